The molecule has 10 aromatic rings. The fourth-order valence-electron chi connectivity index (χ4n) is 7.53. The van der Waals surface area contributed by atoms with Crippen LogP contribution in [0.4, 0.5) is 17.1 Å². The van der Waals surface area contributed by atoms with Gasteiger partial charge in [-0.15, -0.1) is 0 Å². The van der Waals surface area contributed by atoms with Crippen LogP contribution in [0, 0.1) is 0 Å². The number of benzene rings is 8. The fourth-order valence-corrected chi connectivity index (χ4v) is 7.53. The molecule has 3 heteroatoms. The zero-order chi connectivity index (χ0) is 33.7. The molecular weight excluding hydrogens is 623 g/mol. The lowest BCUT2D eigenvalue weighted by atomic mass is 9.96. The summed E-state index contributed by atoms with van der Waals surface area (Å²) in [4.78, 5) is 2.38. The van der Waals surface area contributed by atoms with E-state index in [1.54, 1.807) is 0 Å². The van der Waals surface area contributed by atoms with Gasteiger partial charge in [0, 0.05) is 43.9 Å². The number of nitrogens with zero attached hydrogens (tertiary/aromatic N) is 1. The van der Waals surface area contributed by atoms with Gasteiger partial charge in [0.05, 0.1) is 11.4 Å². The van der Waals surface area contributed by atoms with Crippen LogP contribution >= 0.6 is 0 Å². The van der Waals surface area contributed by atoms with Crippen LogP contribution in [0.1, 0.15) is 0 Å². The van der Waals surface area contributed by atoms with Gasteiger partial charge in [-0.3, -0.25) is 0 Å². The van der Waals surface area contributed by atoms with Crippen molar-refractivity contribution in [1.82, 2.24) is 0 Å². The summed E-state index contributed by atoms with van der Waals surface area (Å²) in [5.74, 6) is 0. The summed E-state index contributed by atoms with van der Waals surface area (Å²) in [5, 5.41) is 4.42. The van der Waals surface area contributed by atoms with E-state index >= 15 is 0 Å². The predicted molar refractivity (Wildman–Crippen MR) is 212 cm³/mol. The number of fused-ring (bicyclic) bond motifs is 6. The molecule has 0 aliphatic rings. The van der Waals surface area contributed by atoms with E-state index in [4.69, 9.17) is 8.83 Å². The van der Waals surface area contributed by atoms with E-state index in [-0.39, 0.29) is 0 Å². The molecule has 0 bridgehead atoms. The highest BCUT2D eigenvalue weighted by atomic mass is 16.3. The monoisotopic (exact) mass is 653 g/mol. The summed E-state index contributed by atoms with van der Waals surface area (Å²) < 4.78 is 13.3. The smallest absolute Gasteiger partial charge is 0.160 e. The summed E-state index contributed by atoms with van der Waals surface area (Å²) >= 11 is 0. The van der Waals surface area contributed by atoms with Gasteiger partial charge in [-0.1, -0.05) is 152 Å². The first-order valence-electron chi connectivity index (χ1n) is 17.3. The first-order chi connectivity index (χ1) is 25.3. The minimum absolute atomic E-state index is 0.844. The Bertz CT molecular complexity index is 2850. The standard InChI is InChI=1S/C48H31NO2/c1-3-14-32(15-4-1)36-18-7-10-23-43(36)49(35-28-26-34(27-29-35)38-21-13-22-41-39-19-8-11-24-44(39)50-47(38)41)46-37(33-16-5-2-6-17-33)30-31-42-40-20-9-12-25-45(40)51-48(42)46/h1-31H. The molecule has 240 valence electrons. The third kappa shape index (κ3) is 4.82. The second-order valence-corrected chi connectivity index (χ2v) is 12.8. The molecule has 0 saturated heterocycles. The molecule has 0 atom stereocenters. The Hall–Kier alpha value is -6.84. The number of rotatable bonds is 6. The summed E-state index contributed by atoms with van der Waals surface area (Å²) in [7, 11) is 0. The molecule has 0 amide bonds. The van der Waals surface area contributed by atoms with Gasteiger partial charge in [0.25, 0.3) is 0 Å². The number of anilines is 3. The SMILES string of the molecule is c1ccc(-c2ccccc2N(c2ccc(-c3cccc4c3oc3ccccc34)cc2)c2c(-c3ccccc3)ccc3c2oc2ccccc23)cc1. The molecule has 8 aromatic carbocycles. The molecule has 0 aliphatic carbocycles. The Balaban J connectivity index is 1.24. The van der Waals surface area contributed by atoms with Gasteiger partial charge >= 0.3 is 0 Å². The van der Waals surface area contributed by atoms with Crippen molar-refractivity contribution in [2.24, 2.45) is 0 Å². The molecule has 0 saturated carbocycles. The van der Waals surface area contributed by atoms with Gasteiger partial charge in [-0.2, -0.15) is 0 Å². The second-order valence-electron chi connectivity index (χ2n) is 12.8. The van der Waals surface area contributed by atoms with Crippen molar-refractivity contribution in [3.8, 4) is 33.4 Å². The maximum absolute atomic E-state index is 6.83. The van der Waals surface area contributed by atoms with Crippen LogP contribution in [0.2, 0.25) is 0 Å². The number of hydrogen-bond donors (Lipinski definition) is 0. The second kappa shape index (κ2) is 11.9. The van der Waals surface area contributed by atoms with E-state index in [9.17, 15) is 0 Å². The number of hydrogen-bond acceptors (Lipinski definition) is 3. The van der Waals surface area contributed by atoms with Crippen molar-refractivity contribution < 1.29 is 8.83 Å². The molecule has 0 spiro atoms. The van der Waals surface area contributed by atoms with Crippen LogP contribution in [0.15, 0.2) is 197 Å². The molecule has 0 fully saturated rings. The maximum atomic E-state index is 6.83. The van der Waals surface area contributed by atoms with E-state index < -0.39 is 0 Å². The average Bonchev–Trinajstić information content (AvgIpc) is 3.78. The highest BCUT2D eigenvalue weighted by molar-refractivity contribution is 6.14. The van der Waals surface area contributed by atoms with Crippen molar-refractivity contribution in [3.63, 3.8) is 0 Å². The van der Waals surface area contributed by atoms with Gasteiger partial charge in [-0.05, 0) is 53.1 Å². The molecule has 2 aromatic heterocycles. The fraction of sp³-hybridized carbons (Fsp3) is 0. The van der Waals surface area contributed by atoms with Crippen LogP contribution in [0.3, 0.4) is 0 Å². The van der Waals surface area contributed by atoms with E-state index in [2.05, 4.69) is 175 Å². The topological polar surface area (TPSA) is 29.5 Å². The summed E-state index contributed by atoms with van der Waals surface area (Å²) in [6.45, 7) is 0. The first-order valence-corrected chi connectivity index (χ1v) is 17.3. The third-order valence-corrected chi connectivity index (χ3v) is 9.90. The van der Waals surface area contributed by atoms with E-state index in [1.165, 1.54) is 0 Å². The largest absolute Gasteiger partial charge is 0.455 e. The quantitative estimate of drug-likeness (QED) is 0.179. The lowest BCUT2D eigenvalue weighted by Gasteiger charge is -2.30. The molecule has 0 N–H and O–H groups in total. The average molecular weight is 654 g/mol. The van der Waals surface area contributed by atoms with Crippen molar-refractivity contribution in [2.45, 2.75) is 0 Å². The highest BCUT2D eigenvalue weighted by Gasteiger charge is 2.26. The number of furan rings is 2. The van der Waals surface area contributed by atoms with Crippen molar-refractivity contribution in [2.75, 3.05) is 4.90 Å². The van der Waals surface area contributed by atoms with Gasteiger partial charge in [0.1, 0.15) is 16.7 Å². The van der Waals surface area contributed by atoms with Crippen LogP contribution in [-0.2, 0) is 0 Å². The molecule has 10 rings (SSSR count). The zero-order valence-electron chi connectivity index (χ0n) is 27.7. The van der Waals surface area contributed by atoms with E-state index in [0.717, 1.165) is 94.3 Å². The van der Waals surface area contributed by atoms with Crippen molar-refractivity contribution >= 4 is 60.9 Å². The van der Waals surface area contributed by atoms with Crippen LogP contribution in [0.5, 0.6) is 0 Å². The molecular formula is C48H31NO2. The lowest BCUT2D eigenvalue weighted by molar-refractivity contribution is 0.669. The van der Waals surface area contributed by atoms with Gasteiger partial charge in [0.2, 0.25) is 0 Å². The summed E-state index contributed by atoms with van der Waals surface area (Å²) in [6, 6.07) is 66.1. The molecule has 0 aliphatic heterocycles. The lowest BCUT2D eigenvalue weighted by Crippen LogP contribution is -2.13. The minimum atomic E-state index is 0.844. The van der Waals surface area contributed by atoms with Crippen LogP contribution < -0.4 is 4.90 Å². The predicted octanol–water partition coefficient (Wildman–Crippen LogP) is 14.0. The molecule has 51 heavy (non-hydrogen) atoms. The molecule has 2 heterocycles. The Morgan fingerprint density at radius 1 is 0.314 bits per heavy atom. The Morgan fingerprint density at radius 2 is 0.824 bits per heavy atom. The third-order valence-electron chi connectivity index (χ3n) is 9.90. The van der Waals surface area contributed by atoms with E-state index in [1.807, 2.05) is 18.2 Å². The minimum Gasteiger partial charge on any atom is -0.455 e. The normalized spacial score (nSPS) is 11.5. The van der Waals surface area contributed by atoms with E-state index in [0.29, 0.717) is 0 Å². The zero-order valence-corrected chi connectivity index (χ0v) is 27.7. The molecule has 0 radical (unpaired) electrons. The highest BCUT2D eigenvalue weighted by Crippen LogP contribution is 2.50. The van der Waals surface area contributed by atoms with Gasteiger partial charge in [0.15, 0.2) is 5.58 Å². The van der Waals surface area contributed by atoms with Gasteiger partial charge in [-0.25, -0.2) is 0 Å². The van der Waals surface area contributed by atoms with Gasteiger partial charge < -0.3 is 13.7 Å². The summed E-state index contributed by atoms with van der Waals surface area (Å²) in [5.41, 5.74) is 13.2. The molecule has 0 unspecified atom stereocenters. The summed E-state index contributed by atoms with van der Waals surface area (Å²) in [6.07, 6.45) is 0. The van der Waals surface area contributed by atoms with Crippen molar-refractivity contribution in [1.29, 1.82) is 0 Å². The Morgan fingerprint density at radius 3 is 1.53 bits per heavy atom. The first kappa shape index (κ1) is 29.1. The maximum Gasteiger partial charge on any atom is 0.160 e. The van der Waals surface area contributed by atoms with Crippen LogP contribution in [0.25, 0.3) is 77.3 Å². The number of para-hydroxylation sites is 4. The Kier molecular flexibility index (Phi) is 6.81. The van der Waals surface area contributed by atoms with Crippen molar-refractivity contribution in [3.05, 3.63) is 188 Å². The Labute approximate surface area is 295 Å². The molecule has 3 nitrogen and oxygen atoms in total. The van der Waals surface area contributed by atoms with Crippen LogP contribution in [-0.4, -0.2) is 0 Å².